The van der Waals surface area contributed by atoms with E-state index in [9.17, 15) is 13.2 Å². The van der Waals surface area contributed by atoms with E-state index in [1.54, 1.807) is 18.3 Å². The summed E-state index contributed by atoms with van der Waals surface area (Å²) in [5.41, 5.74) is 5.64. The second kappa shape index (κ2) is 9.69. The van der Waals surface area contributed by atoms with Crippen molar-refractivity contribution in [3.05, 3.63) is 51.0 Å². The number of piperidine rings is 1. The molecule has 1 atom stereocenters. The van der Waals surface area contributed by atoms with E-state index in [2.05, 4.69) is 26.5 Å². The molecule has 2 aromatic rings. The summed E-state index contributed by atoms with van der Waals surface area (Å²) >= 11 is 1.66. The van der Waals surface area contributed by atoms with Crippen LogP contribution in [-0.2, 0) is 26.1 Å². The zero-order valence-electron chi connectivity index (χ0n) is 19.9. The summed E-state index contributed by atoms with van der Waals surface area (Å²) in [6.07, 6.45) is 5.91. The number of oxime groups is 1. The van der Waals surface area contributed by atoms with Crippen molar-refractivity contribution in [2.75, 3.05) is 19.3 Å². The zero-order chi connectivity index (χ0) is 24.6. The highest BCUT2D eigenvalue weighted by Gasteiger charge is 2.31. The topological polar surface area (TPSA) is 113 Å². The highest BCUT2D eigenvalue weighted by atomic mass is 32.2. The van der Waals surface area contributed by atoms with Crippen molar-refractivity contribution in [1.29, 1.82) is 0 Å². The highest BCUT2D eigenvalue weighted by Crippen LogP contribution is 2.37. The average Bonchev–Trinajstić information content (AvgIpc) is 3.52. The van der Waals surface area contributed by atoms with Gasteiger partial charge in [0.25, 0.3) is 0 Å². The third-order valence-corrected chi connectivity index (χ3v) is 8.26. The lowest BCUT2D eigenvalue weighted by Gasteiger charge is -2.30. The summed E-state index contributed by atoms with van der Waals surface area (Å²) in [5.74, 6) is 0.516. The number of carbonyl (C=O) groups excluding carboxylic acids is 1. The Kier molecular flexibility index (Phi) is 6.63. The minimum absolute atomic E-state index is 0.139. The van der Waals surface area contributed by atoms with Gasteiger partial charge in [-0.05, 0) is 43.2 Å². The van der Waals surface area contributed by atoms with Crippen LogP contribution < -0.4 is 4.83 Å². The molecule has 1 unspecified atom stereocenters. The van der Waals surface area contributed by atoms with E-state index < -0.39 is 10.0 Å². The number of hydrogen-bond acceptors (Lipinski definition) is 8. The van der Waals surface area contributed by atoms with Crippen molar-refractivity contribution in [2.24, 2.45) is 10.3 Å². The minimum Gasteiger partial charge on any atom is -0.387 e. The van der Waals surface area contributed by atoms with E-state index in [0.717, 1.165) is 90.3 Å². The number of thiazole rings is 1. The number of sulfonamides is 1. The Morgan fingerprint density at radius 2 is 2.06 bits per heavy atom. The number of aromatic nitrogens is 1. The Morgan fingerprint density at radius 3 is 2.80 bits per heavy atom. The quantitative estimate of drug-likeness (QED) is 0.614. The zero-order valence-corrected chi connectivity index (χ0v) is 21.5. The van der Waals surface area contributed by atoms with Gasteiger partial charge in [-0.1, -0.05) is 23.4 Å². The summed E-state index contributed by atoms with van der Waals surface area (Å²) in [6.45, 7) is 3.19. The van der Waals surface area contributed by atoms with Crippen molar-refractivity contribution in [1.82, 2.24) is 14.7 Å². The van der Waals surface area contributed by atoms with Gasteiger partial charge >= 0.3 is 0 Å². The molecule has 1 aromatic heterocycles. The van der Waals surface area contributed by atoms with Crippen molar-refractivity contribution in [3.63, 3.8) is 0 Å². The minimum atomic E-state index is -3.41. The van der Waals surface area contributed by atoms with Gasteiger partial charge in [0.2, 0.25) is 15.9 Å². The maximum Gasteiger partial charge on any atom is 0.244 e. The molecule has 0 saturated carbocycles. The molecule has 0 bridgehead atoms. The van der Waals surface area contributed by atoms with Crippen molar-refractivity contribution in [3.8, 4) is 0 Å². The van der Waals surface area contributed by atoms with Crippen LogP contribution in [0.15, 0.2) is 33.8 Å². The van der Waals surface area contributed by atoms with Gasteiger partial charge in [0.05, 0.1) is 22.7 Å². The van der Waals surface area contributed by atoms with Gasteiger partial charge in [0.15, 0.2) is 6.10 Å². The van der Waals surface area contributed by atoms with E-state index in [-0.39, 0.29) is 12.0 Å². The van der Waals surface area contributed by atoms with Gasteiger partial charge in [0, 0.05) is 43.3 Å². The molecule has 0 spiro atoms. The fraction of sp³-hybridized carbons (Fsp3) is 0.500. The number of nitrogens with zero attached hydrogens (tertiary/aromatic N) is 4. The second-order valence-electron chi connectivity index (χ2n) is 9.34. The van der Waals surface area contributed by atoms with Gasteiger partial charge in [-0.3, -0.25) is 4.79 Å². The molecule has 1 N–H and O–H groups in total. The number of benzene rings is 1. The SMILES string of the molecule is CC(=O)N1CCC(c2nc(C3=NOC(c4cccc5c4CCCC5=NNS(C)(=O)=O)C3)cs2)CC1. The van der Waals surface area contributed by atoms with Crippen LogP contribution >= 0.6 is 11.3 Å². The molecule has 35 heavy (non-hydrogen) atoms. The lowest BCUT2D eigenvalue weighted by Crippen LogP contribution is -2.36. The molecule has 3 heterocycles. The monoisotopic (exact) mass is 515 g/mol. The molecule has 5 rings (SSSR count). The molecule has 1 aromatic carbocycles. The van der Waals surface area contributed by atoms with Crippen molar-refractivity contribution < 1.29 is 18.0 Å². The highest BCUT2D eigenvalue weighted by molar-refractivity contribution is 7.88. The first-order valence-corrected chi connectivity index (χ1v) is 14.6. The van der Waals surface area contributed by atoms with E-state index >= 15 is 0 Å². The Hall–Kier alpha value is -2.79. The lowest BCUT2D eigenvalue weighted by molar-refractivity contribution is -0.129. The normalized spacial score (nSPS) is 22.0. The average molecular weight is 516 g/mol. The fourth-order valence-electron chi connectivity index (χ4n) is 5.02. The number of rotatable bonds is 5. The molecular weight excluding hydrogens is 486 g/mol. The number of hydrogen-bond donors (Lipinski definition) is 1. The van der Waals surface area contributed by atoms with Crippen LogP contribution in [0.5, 0.6) is 0 Å². The Bertz CT molecular complexity index is 1290. The number of carbonyl (C=O) groups is 1. The maximum absolute atomic E-state index is 11.6. The van der Waals surface area contributed by atoms with Crippen LogP contribution in [0.4, 0.5) is 0 Å². The lowest BCUT2D eigenvalue weighted by atomic mass is 9.84. The standard InChI is InChI=1S/C24H29N5O4S2/c1-15(30)29-11-9-16(10-12-29)24-25-22(14-34-24)21-13-23(33-27-21)19-7-3-6-18-17(19)5-4-8-20(18)26-28-35(2,31)32/h3,6-7,14,16,23,28H,4-5,8-13H2,1-2H3. The number of nitrogens with one attached hydrogen (secondary N) is 1. The number of fused-ring (bicyclic) bond motifs is 1. The Balaban J connectivity index is 1.29. The first-order chi connectivity index (χ1) is 16.8. The Labute approximate surface area is 209 Å². The van der Waals surface area contributed by atoms with Crippen molar-refractivity contribution in [2.45, 2.75) is 57.5 Å². The first kappa shape index (κ1) is 23.9. The van der Waals surface area contributed by atoms with E-state index in [1.807, 2.05) is 17.0 Å². The molecule has 1 saturated heterocycles. The molecule has 9 nitrogen and oxygen atoms in total. The third kappa shape index (κ3) is 5.25. The fourth-order valence-corrected chi connectivity index (χ4v) is 6.30. The van der Waals surface area contributed by atoms with E-state index in [1.165, 1.54) is 0 Å². The summed E-state index contributed by atoms with van der Waals surface area (Å²) in [7, 11) is -3.41. The maximum atomic E-state index is 11.6. The number of hydrazone groups is 1. The first-order valence-electron chi connectivity index (χ1n) is 11.9. The van der Waals surface area contributed by atoms with Gasteiger partial charge in [0.1, 0.15) is 5.71 Å². The Morgan fingerprint density at radius 1 is 1.26 bits per heavy atom. The summed E-state index contributed by atoms with van der Waals surface area (Å²) in [6, 6.07) is 6.01. The molecule has 1 fully saturated rings. The second-order valence-corrected chi connectivity index (χ2v) is 12.0. The largest absolute Gasteiger partial charge is 0.387 e. The molecule has 0 radical (unpaired) electrons. The third-order valence-electron chi connectivity index (χ3n) is 6.83. The number of likely N-dealkylation sites (tertiary alicyclic amines) is 1. The van der Waals surface area contributed by atoms with Crippen LogP contribution in [0.2, 0.25) is 0 Å². The molecule has 1 amide bonds. The predicted octanol–water partition coefficient (Wildman–Crippen LogP) is 3.32. The number of amides is 1. The van der Waals surface area contributed by atoms with Crippen LogP contribution in [-0.4, -0.2) is 55.0 Å². The molecule has 186 valence electrons. The van der Waals surface area contributed by atoms with Crippen LogP contribution in [0.25, 0.3) is 0 Å². The summed E-state index contributed by atoms with van der Waals surface area (Å²) < 4.78 is 23.0. The smallest absolute Gasteiger partial charge is 0.244 e. The molecule has 11 heteroatoms. The van der Waals surface area contributed by atoms with Gasteiger partial charge in [-0.25, -0.2) is 18.2 Å². The van der Waals surface area contributed by atoms with Gasteiger partial charge in [-0.15, -0.1) is 11.3 Å². The predicted molar refractivity (Wildman–Crippen MR) is 135 cm³/mol. The van der Waals surface area contributed by atoms with Crippen LogP contribution in [0, 0.1) is 0 Å². The molecular formula is C24H29N5O4S2. The van der Waals surface area contributed by atoms with E-state index in [0.29, 0.717) is 12.3 Å². The molecule has 3 aliphatic rings. The van der Waals surface area contributed by atoms with Crippen LogP contribution in [0.3, 0.4) is 0 Å². The van der Waals surface area contributed by atoms with Gasteiger partial charge < -0.3 is 9.74 Å². The molecule has 2 aliphatic heterocycles. The summed E-state index contributed by atoms with van der Waals surface area (Å²) in [4.78, 5) is 26.5. The van der Waals surface area contributed by atoms with E-state index in [4.69, 9.17) is 9.82 Å². The van der Waals surface area contributed by atoms with Crippen molar-refractivity contribution >= 4 is 38.7 Å². The molecule has 1 aliphatic carbocycles. The van der Waals surface area contributed by atoms with Gasteiger partial charge in [-0.2, -0.15) is 5.10 Å². The van der Waals surface area contributed by atoms with Crippen LogP contribution in [0.1, 0.15) is 78.4 Å². The summed E-state index contributed by atoms with van der Waals surface area (Å²) in [5, 5.41) is 11.7.